The predicted octanol–water partition coefficient (Wildman–Crippen LogP) is 1.80. The van der Waals surface area contributed by atoms with Crippen molar-refractivity contribution in [3.8, 4) is 11.4 Å². The number of amides is 8. The van der Waals surface area contributed by atoms with Crippen molar-refractivity contribution in [1.82, 2.24) is 46.4 Å². The molecule has 0 spiro atoms. The van der Waals surface area contributed by atoms with Gasteiger partial charge in [-0.1, -0.05) is 63.9 Å². The summed E-state index contributed by atoms with van der Waals surface area (Å²) in [6.07, 6.45) is 2.51. The van der Waals surface area contributed by atoms with Crippen molar-refractivity contribution in [3.05, 3.63) is 97.6 Å². The molecule has 4 aliphatic rings. The maximum atomic E-state index is 15.4. The van der Waals surface area contributed by atoms with E-state index in [2.05, 4.69) is 31.9 Å². The van der Waals surface area contributed by atoms with E-state index >= 15 is 4.39 Å². The van der Waals surface area contributed by atoms with Crippen molar-refractivity contribution in [2.45, 2.75) is 123 Å². The first-order valence-corrected chi connectivity index (χ1v) is 26.2. The summed E-state index contributed by atoms with van der Waals surface area (Å²) in [5.74, 6) is -5.82. The Morgan fingerprint density at radius 3 is 2.29 bits per heavy atom. The van der Waals surface area contributed by atoms with E-state index in [0.29, 0.717) is 57.4 Å². The van der Waals surface area contributed by atoms with E-state index in [1.807, 2.05) is 13.8 Å². The molecule has 0 saturated carbocycles. The third-order valence-corrected chi connectivity index (χ3v) is 15.3. The van der Waals surface area contributed by atoms with Crippen LogP contribution in [0.15, 0.2) is 47.3 Å². The second-order valence-corrected chi connectivity index (χ2v) is 20.0. The van der Waals surface area contributed by atoms with Gasteiger partial charge < -0.3 is 46.3 Å². The maximum absolute atomic E-state index is 15.4. The number of ether oxygens (including phenoxy) is 1. The summed E-state index contributed by atoms with van der Waals surface area (Å²) in [4.78, 5) is 136. The van der Waals surface area contributed by atoms with Gasteiger partial charge in [0.15, 0.2) is 5.60 Å². The first kappa shape index (κ1) is 55.4. The van der Waals surface area contributed by atoms with E-state index in [9.17, 15) is 53.1 Å². The predicted molar refractivity (Wildman–Crippen MR) is 275 cm³/mol. The van der Waals surface area contributed by atoms with Gasteiger partial charge in [-0.05, 0) is 66.8 Å². The quantitative estimate of drug-likeness (QED) is 0.0296. The van der Waals surface area contributed by atoms with Crippen LogP contribution in [0.5, 0.6) is 0 Å². The van der Waals surface area contributed by atoms with Gasteiger partial charge in [-0.25, -0.2) is 14.2 Å². The van der Waals surface area contributed by atoms with Gasteiger partial charge in [0, 0.05) is 61.4 Å². The Bertz CT molecular complexity index is 3120. The highest BCUT2D eigenvalue weighted by atomic mass is 19.1. The SMILES string of the molecule is CCC(CC)C1CC(=O)N(CCC(=O)NCC(=O)NCC(=O)N[C@@H](Cc2ccccc2)C(=O)NCC(=O)NCCCC(=O)N[C@H]2CCc3c(C)c(F)cc4nc5c(c2c34)Cn2c-5cc3c(c2=O)COC(=O)[C@]3(O)CC)C1=O. The van der Waals surface area contributed by atoms with Crippen molar-refractivity contribution in [2.75, 3.05) is 32.7 Å². The van der Waals surface area contributed by atoms with E-state index in [1.54, 1.807) is 50.2 Å². The van der Waals surface area contributed by atoms with Crippen LogP contribution in [0.4, 0.5) is 4.39 Å². The summed E-state index contributed by atoms with van der Waals surface area (Å²) >= 11 is 0. The average Bonchev–Trinajstić information content (AvgIpc) is 4.13. The van der Waals surface area contributed by atoms with Crippen molar-refractivity contribution in [1.29, 1.82) is 0 Å². The number of hydrogen-bond acceptors (Lipinski definition) is 13. The number of esters is 1. The van der Waals surface area contributed by atoms with Crippen LogP contribution < -0.4 is 37.5 Å². The van der Waals surface area contributed by atoms with E-state index in [-0.39, 0.29) is 99.5 Å². The van der Waals surface area contributed by atoms with Gasteiger partial charge >= 0.3 is 5.97 Å². The van der Waals surface area contributed by atoms with Gasteiger partial charge in [-0.2, -0.15) is 0 Å². The molecule has 2 aromatic heterocycles. The van der Waals surface area contributed by atoms with Crippen LogP contribution >= 0.6 is 0 Å². The summed E-state index contributed by atoms with van der Waals surface area (Å²) in [6, 6.07) is 10.0. The number of pyridine rings is 2. The fourth-order valence-corrected chi connectivity index (χ4v) is 11.0. The molecule has 8 amide bonds. The number of imide groups is 1. The summed E-state index contributed by atoms with van der Waals surface area (Å²) < 4.78 is 22.1. The van der Waals surface area contributed by atoms with Gasteiger partial charge in [-0.15, -0.1) is 0 Å². The van der Waals surface area contributed by atoms with Gasteiger partial charge in [-0.3, -0.25) is 48.1 Å². The molecule has 1 fully saturated rings. The lowest BCUT2D eigenvalue weighted by Gasteiger charge is -2.31. The molecule has 2 aromatic carbocycles. The van der Waals surface area contributed by atoms with E-state index < -0.39 is 90.1 Å². The van der Waals surface area contributed by atoms with E-state index in [0.717, 1.165) is 23.3 Å². The molecule has 8 rings (SSSR count). The average molecular weight is 1060 g/mol. The Kier molecular flexibility index (Phi) is 16.9. The maximum Gasteiger partial charge on any atom is 0.343 e. The number of aryl methyl sites for hydroxylation is 1. The lowest BCUT2D eigenvalue weighted by Crippen LogP contribution is -2.52. The first-order chi connectivity index (χ1) is 36.9. The molecule has 22 heteroatoms. The fraction of sp³-hybridized carbons (Fsp3) is 0.473. The van der Waals surface area contributed by atoms with Crippen LogP contribution in [0.3, 0.4) is 0 Å². The Morgan fingerprint density at radius 1 is 0.857 bits per heavy atom. The van der Waals surface area contributed by atoms with Gasteiger partial charge in [0.25, 0.3) is 5.56 Å². The first-order valence-electron chi connectivity index (χ1n) is 26.2. The number of carbonyl (C=O) groups excluding carboxylic acids is 9. The number of nitrogens with one attached hydrogen (secondary N) is 6. The van der Waals surface area contributed by atoms with Crippen molar-refractivity contribution in [2.24, 2.45) is 11.8 Å². The number of aromatic nitrogens is 2. The lowest BCUT2D eigenvalue weighted by molar-refractivity contribution is -0.172. The van der Waals surface area contributed by atoms with Crippen molar-refractivity contribution in [3.63, 3.8) is 0 Å². The number of rotatable bonds is 22. The normalized spacial score (nSPS) is 18.5. The van der Waals surface area contributed by atoms with Crippen LogP contribution in [-0.2, 0) is 79.5 Å². The molecular formula is C55H64FN9O12. The molecule has 4 aromatic rings. The van der Waals surface area contributed by atoms with Crippen LogP contribution in [0.2, 0.25) is 0 Å². The molecule has 1 aliphatic carbocycles. The molecule has 5 heterocycles. The molecule has 0 bridgehead atoms. The number of fused-ring (bicyclic) bond motifs is 5. The third-order valence-electron chi connectivity index (χ3n) is 15.3. The zero-order chi connectivity index (χ0) is 55.3. The Labute approximate surface area is 442 Å². The molecule has 408 valence electrons. The minimum Gasteiger partial charge on any atom is -0.458 e. The molecule has 7 N–H and O–H groups in total. The van der Waals surface area contributed by atoms with Crippen LogP contribution in [0, 0.1) is 24.6 Å². The number of halogens is 1. The highest BCUT2D eigenvalue weighted by Crippen LogP contribution is 2.46. The molecule has 1 unspecified atom stereocenters. The number of likely N-dealkylation sites (tertiary alicyclic amines) is 1. The van der Waals surface area contributed by atoms with Gasteiger partial charge in [0.2, 0.25) is 47.3 Å². The summed E-state index contributed by atoms with van der Waals surface area (Å²) in [6.45, 7) is 5.48. The summed E-state index contributed by atoms with van der Waals surface area (Å²) in [5.41, 5.74) is 2.13. The topological polar surface area (TPSA) is 293 Å². The molecule has 1 saturated heterocycles. The second kappa shape index (κ2) is 23.6. The summed E-state index contributed by atoms with van der Waals surface area (Å²) in [5, 5.41) is 27.8. The zero-order valence-corrected chi connectivity index (χ0v) is 43.5. The number of aliphatic hydroxyl groups is 1. The zero-order valence-electron chi connectivity index (χ0n) is 43.5. The van der Waals surface area contributed by atoms with Gasteiger partial charge in [0.05, 0.1) is 60.6 Å². The van der Waals surface area contributed by atoms with Crippen LogP contribution in [-0.4, -0.2) is 112 Å². The minimum atomic E-state index is -2.04. The number of nitrogens with zero attached hydrogens (tertiary/aromatic N) is 3. The lowest BCUT2D eigenvalue weighted by atomic mass is 9.81. The van der Waals surface area contributed by atoms with Crippen molar-refractivity contribution >= 4 is 64.1 Å². The Morgan fingerprint density at radius 2 is 1.56 bits per heavy atom. The van der Waals surface area contributed by atoms with Gasteiger partial charge in [0.1, 0.15) is 18.5 Å². The Balaban J connectivity index is 0.813. The Hall–Kier alpha value is -7.88. The molecule has 4 atom stereocenters. The van der Waals surface area contributed by atoms with Crippen molar-refractivity contribution < 1.29 is 57.4 Å². The van der Waals surface area contributed by atoms with E-state index in [1.165, 1.54) is 10.6 Å². The number of carbonyl (C=O) groups is 9. The van der Waals surface area contributed by atoms with Crippen LogP contribution in [0.1, 0.15) is 117 Å². The number of hydrogen-bond donors (Lipinski definition) is 7. The largest absolute Gasteiger partial charge is 0.458 e. The van der Waals surface area contributed by atoms with Crippen LogP contribution in [0.25, 0.3) is 22.3 Å². The second-order valence-electron chi connectivity index (χ2n) is 20.0. The third kappa shape index (κ3) is 11.6. The monoisotopic (exact) mass is 1060 g/mol. The molecule has 77 heavy (non-hydrogen) atoms. The number of benzene rings is 2. The molecular weight excluding hydrogens is 998 g/mol. The fourth-order valence-electron chi connectivity index (χ4n) is 11.0. The standard InChI is InChI=1S/C55H64FN9O12/c1-5-31(6-2)33-21-47(71)64(52(33)73)19-17-42(66)58-24-45(69)59-26-46(70)62-40(20-30-12-9-8-10-13-30)51(72)60-25-44(68)57-18-11-14-43(67)61-38-16-15-32-29(4)37(56)23-39-48(32)49(38)34-27-65-41(50(34)63-39)22-36-35(53(65)74)28-77-54(75)55(36,76)7-3/h8-10,12-13,22-23,31,33,38,40,76H,5-7,11,14-21,24-28H2,1-4H3,(H,57,68)(H,58,66)(H,59,69)(H,60,72)(H,61,67)(H,62,70)/t33?,38-,40-,55-/m0/s1. The molecule has 0 radical (unpaired) electrons. The molecule has 3 aliphatic heterocycles. The summed E-state index contributed by atoms with van der Waals surface area (Å²) in [7, 11) is 0. The molecule has 21 nitrogen and oxygen atoms in total. The van der Waals surface area contributed by atoms with E-state index in [4.69, 9.17) is 9.72 Å². The highest BCUT2D eigenvalue weighted by molar-refractivity contribution is 6.04. The smallest absolute Gasteiger partial charge is 0.343 e. The number of cyclic esters (lactones) is 1. The minimum absolute atomic E-state index is 0.00109. The highest BCUT2D eigenvalue weighted by Gasteiger charge is 2.46.